The van der Waals surface area contributed by atoms with Crippen molar-refractivity contribution in [3.63, 3.8) is 0 Å². The monoisotopic (exact) mass is 354 g/mol. The average Bonchev–Trinajstić information content (AvgIpc) is 2.24. The van der Waals surface area contributed by atoms with E-state index in [0.717, 1.165) is 0 Å². The smallest absolute Gasteiger partial charge is 0.397 e. The number of carbonyl (C=O) groups is 1. The fourth-order valence-electron chi connectivity index (χ4n) is 1.53. The zero-order valence-corrected chi connectivity index (χ0v) is 11.3. The Hall–Kier alpha value is -0.910. The van der Waals surface area contributed by atoms with Gasteiger partial charge in [0.05, 0.1) is 0 Å². The molecule has 0 aromatic heterocycles. The van der Waals surface area contributed by atoms with E-state index in [1.165, 1.54) is 0 Å². The van der Waals surface area contributed by atoms with Gasteiger partial charge in [-0.2, -0.15) is 16.8 Å². The number of hydrogen-bond donors (Lipinski definition) is 5. The number of carboxylic acid groups (broad SMARTS) is 1. The van der Waals surface area contributed by atoms with Gasteiger partial charge in [0, 0.05) is 0 Å². The summed E-state index contributed by atoms with van der Waals surface area (Å²) >= 11 is 0. The van der Waals surface area contributed by atoms with Gasteiger partial charge in [-0.1, -0.05) is 0 Å². The molecule has 1 rings (SSSR count). The highest BCUT2D eigenvalue weighted by molar-refractivity contribution is 7.81. The highest BCUT2D eigenvalue weighted by atomic mass is 32.3. The Bertz CT molecular complexity index is 592. The predicted octanol–water partition coefficient (Wildman–Crippen LogP) is -3.47. The molecule has 0 amide bonds. The van der Waals surface area contributed by atoms with Crippen molar-refractivity contribution in [3.8, 4) is 0 Å². The molecule has 0 aliphatic carbocycles. The highest BCUT2D eigenvalue weighted by Crippen LogP contribution is 2.26. The van der Waals surface area contributed by atoms with Gasteiger partial charge in [-0.05, 0) is 0 Å². The van der Waals surface area contributed by atoms with E-state index in [2.05, 4.69) is 13.1 Å². The van der Waals surface area contributed by atoms with Gasteiger partial charge in [0.2, 0.25) is 0 Å². The van der Waals surface area contributed by atoms with Crippen molar-refractivity contribution in [1.29, 1.82) is 0 Å². The molecular formula is C6H10O13S2. The van der Waals surface area contributed by atoms with E-state index in [0.29, 0.717) is 0 Å². The maximum absolute atomic E-state index is 10.8. The summed E-state index contributed by atoms with van der Waals surface area (Å²) in [7, 11) is -10.5. The van der Waals surface area contributed by atoms with Crippen LogP contribution in [0.4, 0.5) is 0 Å². The van der Waals surface area contributed by atoms with Crippen LogP contribution in [0.5, 0.6) is 0 Å². The molecule has 1 saturated heterocycles. The molecule has 5 N–H and O–H groups in total. The van der Waals surface area contributed by atoms with Crippen LogP contribution in [-0.2, 0) is 38.7 Å². The van der Waals surface area contributed by atoms with E-state index >= 15 is 0 Å². The van der Waals surface area contributed by atoms with Crippen molar-refractivity contribution in [2.75, 3.05) is 0 Å². The molecule has 0 saturated carbocycles. The Morgan fingerprint density at radius 3 is 1.76 bits per heavy atom. The van der Waals surface area contributed by atoms with Gasteiger partial charge in [-0.3, -0.25) is 9.11 Å². The zero-order chi connectivity index (χ0) is 16.6. The summed E-state index contributed by atoms with van der Waals surface area (Å²) in [5, 5.41) is 27.7. The van der Waals surface area contributed by atoms with Crippen molar-refractivity contribution in [2.24, 2.45) is 0 Å². The Morgan fingerprint density at radius 1 is 0.952 bits per heavy atom. The number of hydrogen-bond acceptors (Lipinski definition) is 10. The number of aliphatic hydroxyl groups is 2. The Kier molecular flexibility index (Phi) is 5.24. The van der Waals surface area contributed by atoms with Crippen molar-refractivity contribution in [2.45, 2.75) is 30.7 Å². The van der Waals surface area contributed by atoms with Gasteiger partial charge >= 0.3 is 26.8 Å². The van der Waals surface area contributed by atoms with Crippen LogP contribution in [-0.4, -0.2) is 77.9 Å². The summed E-state index contributed by atoms with van der Waals surface area (Å²) in [5.74, 6) is -1.90. The molecule has 1 aliphatic heterocycles. The predicted molar refractivity (Wildman–Crippen MR) is 57.4 cm³/mol. The minimum atomic E-state index is -5.26. The highest BCUT2D eigenvalue weighted by Gasteiger charge is 2.52. The van der Waals surface area contributed by atoms with Crippen molar-refractivity contribution in [1.82, 2.24) is 0 Å². The first-order valence-electron chi connectivity index (χ1n) is 4.87. The zero-order valence-electron chi connectivity index (χ0n) is 9.71. The first-order valence-corrected chi connectivity index (χ1v) is 7.60. The molecule has 21 heavy (non-hydrogen) atoms. The number of aliphatic hydroxyl groups excluding tert-OH is 2. The molecule has 0 aromatic rings. The molecule has 1 aliphatic rings. The Morgan fingerprint density at radius 2 is 1.38 bits per heavy atom. The quantitative estimate of drug-likeness (QED) is 0.304. The van der Waals surface area contributed by atoms with Gasteiger partial charge in [-0.15, -0.1) is 0 Å². The number of rotatable bonds is 5. The fourth-order valence-corrected chi connectivity index (χ4v) is 2.52. The lowest BCUT2D eigenvalue weighted by atomic mass is 9.99. The van der Waals surface area contributed by atoms with Gasteiger partial charge in [0.25, 0.3) is 0 Å². The third-order valence-electron chi connectivity index (χ3n) is 2.25. The second kappa shape index (κ2) is 6.07. The topological polar surface area (TPSA) is 214 Å². The number of ether oxygens (including phenoxy) is 1. The van der Waals surface area contributed by atoms with Crippen molar-refractivity contribution in [3.05, 3.63) is 0 Å². The van der Waals surface area contributed by atoms with Crippen molar-refractivity contribution < 1.29 is 59.2 Å². The third-order valence-corrected chi connectivity index (χ3v) is 3.18. The molecule has 0 radical (unpaired) electrons. The fraction of sp³-hybridized carbons (Fsp3) is 0.833. The summed E-state index contributed by atoms with van der Waals surface area (Å²) in [6.07, 6.45) is -11.7. The molecule has 0 unspecified atom stereocenters. The summed E-state index contributed by atoms with van der Waals surface area (Å²) in [4.78, 5) is 10.8. The minimum Gasteiger partial charge on any atom is -0.479 e. The molecule has 124 valence electrons. The summed E-state index contributed by atoms with van der Waals surface area (Å²) in [5.41, 5.74) is 0. The van der Waals surface area contributed by atoms with Crippen LogP contribution in [0.25, 0.3) is 0 Å². The summed E-state index contributed by atoms with van der Waals surface area (Å²) in [6, 6.07) is 0. The molecule has 5 atom stereocenters. The standard InChI is InChI=1S/C6H10O13S2/c7-1-2(18-20(11,12)13)4(5(8)9)17-6(10)3(1)19-21(14,15)16/h1-4,6-7,10H,(H,8,9)(H,11,12,13)(H,14,15,16)/t1-,2-,3+,4+,6-/m0/s1. The van der Waals surface area contributed by atoms with Gasteiger partial charge in [0.15, 0.2) is 18.5 Å². The molecule has 0 spiro atoms. The molecular weight excluding hydrogens is 344 g/mol. The molecule has 0 bridgehead atoms. The Balaban J connectivity index is 3.12. The first kappa shape index (κ1) is 18.1. The Labute approximate surface area is 117 Å². The van der Waals surface area contributed by atoms with E-state index in [1.54, 1.807) is 0 Å². The van der Waals surface area contributed by atoms with Crippen molar-refractivity contribution >= 4 is 26.8 Å². The lowest BCUT2D eigenvalue weighted by Crippen LogP contribution is -2.62. The second-order valence-electron chi connectivity index (χ2n) is 3.75. The maximum atomic E-state index is 10.8. The summed E-state index contributed by atoms with van der Waals surface area (Å²) < 4.78 is 71.2. The van der Waals surface area contributed by atoms with Crippen LogP contribution in [0.3, 0.4) is 0 Å². The molecule has 0 aromatic carbocycles. The largest absolute Gasteiger partial charge is 0.479 e. The summed E-state index contributed by atoms with van der Waals surface area (Å²) in [6.45, 7) is 0. The number of carboxylic acids is 1. The lowest BCUT2D eigenvalue weighted by Gasteiger charge is -2.38. The van der Waals surface area contributed by atoms with Crippen LogP contribution in [0.1, 0.15) is 0 Å². The van der Waals surface area contributed by atoms with E-state index in [9.17, 15) is 31.8 Å². The van der Waals surface area contributed by atoms with E-state index in [4.69, 9.17) is 14.2 Å². The molecule has 15 heteroatoms. The van der Waals surface area contributed by atoms with Crippen LogP contribution < -0.4 is 0 Å². The molecule has 1 fully saturated rings. The van der Waals surface area contributed by atoms with Crippen LogP contribution >= 0.6 is 0 Å². The maximum Gasteiger partial charge on any atom is 0.397 e. The van der Waals surface area contributed by atoms with Crippen LogP contribution in [0.2, 0.25) is 0 Å². The molecule has 1 heterocycles. The number of aliphatic carboxylic acids is 1. The van der Waals surface area contributed by atoms with Crippen LogP contribution in [0, 0.1) is 0 Å². The van der Waals surface area contributed by atoms with E-state index in [1.807, 2.05) is 0 Å². The lowest BCUT2D eigenvalue weighted by molar-refractivity contribution is -0.270. The third kappa shape index (κ3) is 5.09. The normalized spacial score (nSPS) is 34.6. The SMILES string of the molecule is O=C(O)[C@@H]1O[C@H](O)[C@H](OS(=O)(=O)O)[C@@H](O)[C@@H]1OS(=O)(=O)O. The minimum absolute atomic E-state index is 1.90. The average molecular weight is 354 g/mol. The van der Waals surface area contributed by atoms with E-state index < -0.39 is 57.5 Å². The van der Waals surface area contributed by atoms with E-state index in [-0.39, 0.29) is 0 Å². The first-order chi connectivity index (χ1) is 9.32. The second-order valence-corrected chi connectivity index (χ2v) is 5.85. The van der Waals surface area contributed by atoms with Gasteiger partial charge in [-0.25, -0.2) is 13.2 Å². The van der Waals surface area contributed by atoms with Gasteiger partial charge < -0.3 is 20.1 Å². The molecule has 13 nitrogen and oxygen atoms in total. The van der Waals surface area contributed by atoms with Crippen LogP contribution in [0.15, 0.2) is 0 Å². The van der Waals surface area contributed by atoms with Gasteiger partial charge in [0.1, 0.15) is 12.2 Å².